The first-order valence-corrected chi connectivity index (χ1v) is 8.67. The Morgan fingerprint density at radius 3 is 2.75 bits per heavy atom. The zero-order chi connectivity index (χ0) is 16.8. The molecule has 4 rings (SSSR count). The van der Waals surface area contributed by atoms with Gasteiger partial charge >= 0.3 is 0 Å². The molecular formula is C17H23N5O2. The fourth-order valence-corrected chi connectivity index (χ4v) is 3.67. The summed E-state index contributed by atoms with van der Waals surface area (Å²) in [5, 5.41) is 11.3. The van der Waals surface area contributed by atoms with Crippen LogP contribution in [0.4, 0.5) is 0 Å². The summed E-state index contributed by atoms with van der Waals surface area (Å²) in [7, 11) is 0. The van der Waals surface area contributed by atoms with Gasteiger partial charge < -0.3 is 9.42 Å². The van der Waals surface area contributed by atoms with E-state index >= 15 is 0 Å². The number of nitrogens with one attached hydrogen (secondary N) is 1. The second-order valence-electron chi connectivity index (χ2n) is 7.37. The topological polar surface area (TPSA) is 87.9 Å². The molecule has 2 atom stereocenters. The molecule has 0 aromatic carbocycles. The highest BCUT2D eigenvalue weighted by atomic mass is 16.5. The Morgan fingerprint density at radius 1 is 1.38 bits per heavy atom. The van der Waals surface area contributed by atoms with Gasteiger partial charge in [0.25, 0.3) is 5.91 Å². The first kappa shape index (κ1) is 15.4. The molecule has 24 heavy (non-hydrogen) atoms. The maximum atomic E-state index is 12.8. The van der Waals surface area contributed by atoms with E-state index in [4.69, 9.17) is 9.51 Å². The van der Waals surface area contributed by atoms with Crippen molar-refractivity contribution >= 4 is 5.91 Å². The number of carbonyl (C=O) groups excluding carboxylic acids is 1. The lowest BCUT2D eigenvalue weighted by molar-refractivity contribution is 0.0783. The molecule has 128 valence electrons. The van der Waals surface area contributed by atoms with Gasteiger partial charge in [0.05, 0.1) is 5.69 Å². The highest BCUT2D eigenvalue weighted by molar-refractivity contribution is 5.95. The van der Waals surface area contributed by atoms with Crippen LogP contribution >= 0.6 is 0 Å². The van der Waals surface area contributed by atoms with Crippen LogP contribution in [0, 0.1) is 18.8 Å². The third kappa shape index (κ3) is 2.61. The molecule has 1 aliphatic carbocycles. The predicted octanol–water partition coefficient (Wildman–Crippen LogP) is 2.49. The van der Waals surface area contributed by atoms with E-state index < -0.39 is 0 Å². The Hall–Kier alpha value is -2.18. The number of nitrogens with zero attached hydrogens (tertiary/aromatic N) is 4. The second kappa shape index (κ2) is 5.72. The molecule has 0 unspecified atom stereocenters. The summed E-state index contributed by atoms with van der Waals surface area (Å²) in [6.45, 7) is 7.43. The zero-order valence-electron chi connectivity index (χ0n) is 14.3. The molecule has 7 heteroatoms. The van der Waals surface area contributed by atoms with Crippen molar-refractivity contribution in [3.05, 3.63) is 29.2 Å². The molecule has 2 fully saturated rings. The van der Waals surface area contributed by atoms with Gasteiger partial charge in [-0.3, -0.25) is 9.89 Å². The lowest BCUT2D eigenvalue weighted by Crippen LogP contribution is -2.29. The quantitative estimate of drug-likeness (QED) is 0.931. The fourth-order valence-electron chi connectivity index (χ4n) is 3.67. The molecule has 0 spiro atoms. The summed E-state index contributed by atoms with van der Waals surface area (Å²) in [4.78, 5) is 19.4. The number of aromatic nitrogens is 4. The molecule has 7 nitrogen and oxygen atoms in total. The van der Waals surface area contributed by atoms with Gasteiger partial charge in [-0.15, -0.1) is 0 Å². The normalized spacial score (nSPS) is 24.1. The fraction of sp³-hybridized carbons (Fsp3) is 0.647. The van der Waals surface area contributed by atoms with Crippen molar-refractivity contribution in [2.24, 2.45) is 11.8 Å². The maximum Gasteiger partial charge on any atom is 0.259 e. The predicted molar refractivity (Wildman–Crippen MR) is 86.6 cm³/mol. The number of rotatable bonds is 4. The van der Waals surface area contributed by atoms with E-state index in [0.29, 0.717) is 35.6 Å². The number of likely N-dealkylation sites (tertiary alicyclic amines) is 1. The first-order valence-electron chi connectivity index (χ1n) is 8.67. The minimum absolute atomic E-state index is 0.00509. The molecule has 2 aromatic heterocycles. The molecular weight excluding hydrogens is 306 g/mol. The average Bonchev–Trinajstić information content (AvgIpc) is 2.99. The Labute approximate surface area is 140 Å². The van der Waals surface area contributed by atoms with Gasteiger partial charge in [0, 0.05) is 24.9 Å². The third-order valence-electron chi connectivity index (χ3n) is 5.25. The largest absolute Gasteiger partial charge is 0.364 e. The van der Waals surface area contributed by atoms with E-state index in [1.165, 1.54) is 19.1 Å². The van der Waals surface area contributed by atoms with Crippen LogP contribution in [0.25, 0.3) is 0 Å². The molecule has 0 radical (unpaired) electrons. The van der Waals surface area contributed by atoms with Crippen LogP contribution < -0.4 is 0 Å². The van der Waals surface area contributed by atoms with Crippen LogP contribution in [0.5, 0.6) is 0 Å². The van der Waals surface area contributed by atoms with E-state index in [2.05, 4.69) is 29.2 Å². The number of aryl methyl sites for hydroxylation is 1. The third-order valence-corrected chi connectivity index (χ3v) is 5.25. The van der Waals surface area contributed by atoms with Crippen molar-refractivity contribution in [3.63, 3.8) is 0 Å². The lowest BCUT2D eigenvalue weighted by Gasteiger charge is -2.15. The van der Waals surface area contributed by atoms with Crippen LogP contribution in [-0.2, 0) is 0 Å². The van der Waals surface area contributed by atoms with Gasteiger partial charge in [0.2, 0.25) is 0 Å². The van der Waals surface area contributed by atoms with Crippen LogP contribution in [0.3, 0.4) is 0 Å². The minimum atomic E-state index is 0.00509. The van der Waals surface area contributed by atoms with E-state index in [9.17, 15) is 4.79 Å². The number of amides is 1. The summed E-state index contributed by atoms with van der Waals surface area (Å²) in [5.74, 6) is 3.47. The molecule has 0 bridgehead atoms. The Morgan fingerprint density at radius 2 is 2.17 bits per heavy atom. The summed E-state index contributed by atoms with van der Waals surface area (Å²) in [5.41, 5.74) is 1.21. The Bertz CT molecular complexity index is 746. The molecule has 1 aliphatic heterocycles. The summed E-state index contributed by atoms with van der Waals surface area (Å²) >= 11 is 0. The second-order valence-corrected chi connectivity index (χ2v) is 7.37. The molecule has 2 aromatic rings. The minimum Gasteiger partial charge on any atom is -0.364 e. The lowest BCUT2D eigenvalue weighted by atomic mass is 9.91. The molecule has 3 heterocycles. The molecule has 1 saturated heterocycles. The van der Waals surface area contributed by atoms with Crippen molar-refractivity contribution in [1.82, 2.24) is 25.2 Å². The standard InChI is InChI=1S/C17H23N5O2/c1-9(2)15-18-16(20-19-15)13-7-22(6-12(13)11-4-5-11)17(23)14-8-24-21-10(14)3/h8-9,11-13H,4-7H2,1-3H3,(H,18,19,20)/t12-,13+/m1/s1. The molecule has 1 N–H and O–H groups in total. The van der Waals surface area contributed by atoms with E-state index in [1.54, 1.807) is 6.92 Å². The summed E-state index contributed by atoms with van der Waals surface area (Å²) in [6, 6.07) is 0. The smallest absolute Gasteiger partial charge is 0.259 e. The Balaban J connectivity index is 1.57. The molecule has 2 aliphatic rings. The van der Waals surface area contributed by atoms with Crippen LogP contribution in [-0.4, -0.2) is 44.2 Å². The monoisotopic (exact) mass is 329 g/mol. The van der Waals surface area contributed by atoms with Crippen molar-refractivity contribution in [2.45, 2.75) is 45.4 Å². The van der Waals surface area contributed by atoms with Crippen LogP contribution in [0.2, 0.25) is 0 Å². The van der Waals surface area contributed by atoms with Crippen LogP contribution in [0.15, 0.2) is 10.8 Å². The van der Waals surface area contributed by atoms with Gasteiger partial charge in [0.15, 0.2) is 5.82 Å². The summed E-state index contributed by atoms with van der Waals surface area (Å²) in [6.07, 6.45) is 3.95. The number of aromatic amines is 1. The van der Waals surface area contributed by atoms with E-state index in [-0.39, 0.29) is 11.8 Å². The SMILES string of the molecule is Cc1nocc1C(=O)N1C[C@H](c2nc(C(C)C)n[nH]2)[C@@H](C2CC2)C1. The van der Waals surface area contributed by atoms with Gasteiger partial charge in [0.1, 0.15) is 17.7 Å². The van der Waals surface area contributed by atoms with E-state index in [1.807, 2.05) is 4.90 Å². The van der Waals surface area contributed by atoms with Crippen molar-refractivity contribution in [1.29, 1.82) is 0 Å². The highest BCUT2D eigenvalue weighted by Gasteiger charge is 2.46. The number of carbonyl (C=O) groups is 1. The first-order chi connectivity index (χ1) is 11.5. The van der Waals surface area contributed by atoms with Crippen molar-refractivity contribution in [3.8, 4) is 0 Å². The molecule has 1 saturated carbocycles. The van der Waals surface area contributed by atoms with Gasteiger partial charge in [-0.25, -0.2) is 4.98 Å². The number of hydrogen-bond acceptors (Lipinski definition) is 5. The van der Waals surface area contributed by atoms with Crippen LogP contribution in [0.1, 0.15) is 66.2 Å². The van der Waals surface area contributed by atoms with Crippen molar-refractivity contribution < 1.29 is 9.32 Å². The average molecular weight is 329 g/mol. The van der Waals surface area contributed by atoms with E-state index in [0.717, 1.165) is 18.2 Å². The highest BCUT2D eigenvalue weighted by Crippen LogP contribution is 2.47. The number of hydrogen-bond donors (Lipinski definition) is 1. The van der Waals surface area contributed by atoms with Gasteiger partial charge in [-0.2, -0.15) is 5.10 Å². The summed E-state index contributed by atoms with van der Waals surface area (Å²) < 4.78 is 4.93. The molecule has 1 amide bonds. The Kier molecular flexibility index (Phi) is 3.66. The van der Waals surface area contributed by atoms with Gasteiger partial charge in [-0.1, -0.05) is 19.0 Å². The van der Waals surface area contributed by atoms with Gasteiger partial charge in [-0.05, 0) is 31.6 Å². The van der Waals surface area contributed by atoms with Crippen molar-refractivity contribution in [2.75, 3.05) is 13.1 Å². The maximum absolute atomic E-state index is 12.8. The number of H-pyrrole nitrogens is 1. The zero-order valence-corrected chi connectivity index (χ0v) is 14.3.